The molecule has 1 aromatic carbocycles. The second kappa shape index (κ2) is 6.19. The van der Waals surface area contributed by atoms with Gasteiger partial charge in [0.25, 0.3) is 0 Å². The van der Waals surface area contributed by atoms with Crippen molar-refractivity contribution in [2.45, 2.75) is 19.0 Å². The van der Waals surface area contributed by atoms with Crippen molar-refractivity contribution in [3.05, 3.63) is 33.2 Å². The molecule has 2 aromatic rings. The van der Waals surface area contributed by atoms with Gasteiger partial charge in [0.1, 0.15) is 10.0 Å². The lowest BCUT2D eigenvalue weighted by Gasteiger charge is -2.09. The van der Waals surface area contributed by atoms with Crippen LogP contribution in [0.25, 0.3) is 10.6 Å². The second-order valence-corrected chi connectivity index (χ2v) is 6.00. The molecule has 0 aliphatic rings. The maximum Gasteiger partial charge on any atom is 0.417 e. The molecule has 0 amide bonds. The van der Waals surface area contributed by atoms with Crippen LogP contribution in [0.15, 0.2) is 22.7 Å². The summed E-state index contributed by atoms with van der Waals surface area (Å²) in [4.78, 5) is 0. The Kier molecular flexibility index (Phi) is 4.77. The Morgan fingerprint density at radius 1 is 1.25 bits per heavy atom. The van der Waals surface area contributed by atoms with E-state index in [1.165, 1.54) is 17.4 Å². The number of benzene rings is 1. The van der Waals surface area contributed by atoms with Gasteiger partial charge in [-0.15, -0.1) is 10.2 Å². The summed E-state index contributed by atoms with van der Waals surface area (Å²) in [5.41, 5.74) is 5.10. The number of nitrogens with two attached hydrogens (primary N) is 1. The lowest BCUT2D eigenvalue weighted by atomic mass is 10.1. The van der Waals surface area contributed by atoms with Crippen LogP contribution in [0.4, 0.5) is 13.2 Å². The van der Waals surface area contributed by atoms with Crippen molar-refractivity contribution in [2.24, 2.45) is 5.73 Å². The van der Waals surface area contributed by atoms with Crippen molar-refractivity contribution in [3.8, 4) is 10.6 Å². The predicted molar refractivity (Wildman–Crippen MR) is 75.4 cm³/mol. The van der Waals surface area contributed by atoms with Gasteiger partial charge < -0.3 is 5.73 Å². The van der Waals surface area contributed by atoms with E-state index in [4.69, 9.17) is 5.73 Å². The molecule has 0 aliphatic carbocycles. The molecule has 3 nitrogen and oxygen atoms in total. The maximum absolute atomic E-state index is 12.8. The average Bonchev–Trinajstić information content (AvgIpc) is 2.84. The predicted octanol–water partition coefficient (Wildman–Crippen LogP) is 3.88. The van der Waals surface area contributed by atoms with Crippen LogP contribution in [0, 0.1) is 0 Å². The summed E-state index contributed by atoms with van der Waals surface area (Å²) < 4.78 is 38.5. The highest BCUT2D eigenvalue weighted by molar-refractivity contribution is 9.10. The van der Waals surface area contributed by atoms with E-state index in [0.717, 1.165) is 17.5 Å². The van der Waals surface area contributed by atoms with Crippen LogP contribution in [-0.2, 0) is 12.6 Å². The van der Waals surface area contributed by atoms with Gasteiger partial charge in [0.15, 0.2) is 0 Å². The zero-order valence-corrected chi connectivity index (χ0v) is 12.6. The van der Waals surface area contributed by atoms with Gasteiger partial charge in [0.05, 0.1) is 5.56 Å². The fourth-order valence-corrected chi connectivity index (χ4v) is 2.95. The highest BCUT2D eigenvalue weighted by Crippen LogP contribution is 2.37. The van der Waals surface area contributed by atoms with Gasteiger partial charge in [0, 0.05) is 16.5 Å². The molecule has 8 heteroatoms. The van der Waals surface area contributed by atoms with Crippen LogP contribution >= 0.6 is 27.3 Å². The van der Waals surface area contributed by atoms with Gasteiger partial charge in [-0.3, -0.25) is 0 Å². The first-order valence-electron chi connectivity index (χ1n) is 5.81. The van der Waals surface area contributed by atoms with Crippen molar-refractivity contribution in [1.29, 1.82) is 0 Å². The molecule has 0 saturated heterocycles. The van der Waals surface area contributed by atoms with Crippen LogP contribution in [0.1, 0.15) is 17.0 Å². The monoisotopic (exact) mass is 365 g/mol. The Hall–Kier alpha value is -0.990. The quantitative estimate of drug-likeness (QED) is 0.894. The summed E-state index contributed by atoms with van der Waals surface area (Å²) in [5.74, 6) is 0. The summed E-state index contributed by atoms with van der Waals surface area (Å²) in [6, 6.07) is 4.04. The number of nitrogens with zero attached hydrogens (tertiary/aromatic N) is 2. The molecule has 108 valence electrons. The van der Waals surface area contributed by atoms with Crippen molar-refractivity contribution in [2.75, 3.05) is 6.54 Å². The number of rotatable bonds is 4. The molecule has 1 heterocycles. The molecule has 2 N–H and O–H groups in total. The zero-order chi connectivity index (χ0) is 14.8. The number of hydrogen-bond acceptors (Lipinski definition) is 4. The Bertz CT molecular complexity index is 598. The fraction of sp³-hybridized carbons (Fsp3) is 0.333. The number of aromatic nitrogens is 2. The Labute approximate surface area is 126 Å². The third-order valence-corrected chi connectivity index (χ3v) is 4.30. The van der Waals surface area contributed by atoms with Crippen LogP contribution in [0.3, 0.4) is 0 Å². The van der Waals surface area contributed by atoms with Gasteiger partial charge in [-0.25, -0.2) is 0 Å². The number of halogens is 4. The first kappa shape index (κ1) is 15.4. The SMILES string of the molecule is NCCCc1nnc(-c2ccc(Br)c(C(F)(F)F)c2)s1. The topological polar surface area (TPSA) is 51.8 Å². The third kappa shape index (κ3) is 3.56. The van der Waals surface area contributed by atoms with Crippen LogP contribution in [0.5, 0.6) is 0 Å². The number of aryl methyl sites for hydroxylation is 1. The number of hydrogen-bond donors (Lipinski definition) is 1. The summed E-state index contributed by atoms with van der Waals surface area (Å²) in [6.45, 7) is 0.547. The second-order valence-electron chi connectivity index (χ2n) is 4.09. The molecule has 0 bridgehead atoms. The van der Waals surface area contributed by atoms with E-state index in [2.05, 4.69) is 26.1 Å². The standard InChI is InChI=1S/C12H11BrF3N3S/c13-9-4-3-7(6-8(9)12(14,15)16)11-19-18-10(20-11)2-1-5-17/h3-4,6H,1-2,5,17H2. The molecule has 0 aliphatic heterocycles. The minimum absolute atomic E-state index is 0.0154. The van der Waals surface area contributed by atoms with Gasteiger partial charge in [-0.1, -0.05) is 33.3 Å². The number of alkyl halides is 3. The summed E-state index contributed by atoms with van der Waals surface area (Å²) in [7, 11) is 0. The molecule has 20 heavy (non-hydrogen) atoms. The van der Waals surface area contributed by atoms with Crippen molar-refractivity contribution < 1.29 is 13.2 Å². The summed E-state index contributed by atoms with van der Waals surface area (Å²) in [5, 5.41) is 9.16. The third-order valence-electron chi connectivity index (χ3n) is 2.58. The first-order valence-corrected chi connectivity index (χ1v) is 7.42. The van der Waals surface area contributed by atoms with Gasteiger partial charge >= 0.3 is 6.18 Å². The van der Waals surface area contributed by atoms with Gasteiger partial charge in [0.2, 0.25) is 0 Å². The highest BCUT2D eigenvalue weighted by Gasteiger charge is 2.33. The minimum atomic E-state index is -4.40. The largest absolute Gasteiger partial charge is 0.417 e. The Balaban J connectivity index is 2.31. The van der Waals surface area contributed by atoms with Gasteiger partial charge in [-0.05, 0) is 25.1 Å². The van der Waals surface area contributed by atoms with E-state index in [9.17, 15) is 13.2 Å². The van der Waals surface area contributed by atoms with E-state index in [0.29, 0.717) is 23.5 Å². The summed E-state index contributed by atoms with van der Waals surface area (Å²) >= 11 is 4.20. The summed E-state index contributed by atoms with van der Waals surface area (Å²) in [6.07, 6.45) is -2.93. The Morgan fingerprint density at radius 3 is 2.65 bits per heavy atom. The average molecular weight is 366 g/mol. The molecular weight excluding hydrogens is 355 g/mol. The molecule has 0 saturated carbocycles. The van der Waals surface area contributed by atoms with Crippen LogP contribution in [0.2, 0.25) is 0 Å². The molecule has 0 radical (unpaired) electrons. The minimum Gasteiger partial charge on any atom is -0.330 e. The lowest BCUT2D eigenvalue weighted by Crippen LogP contribution is -2.06. The fourth-order valence-electron chi connectivity index (χ4n) is 1.60. The van der Waals surface area contributed by atoms with Crippen LogP contribution in [-0.4, -0.2) is 16.7 Å². The van der Waals surface area contributed by atoms with Crippen molar-refractivity contribution in [3.63, 3.8) is 0 Å². The molecule has 0 atom stereocenters. The molecule has 0 unspecified atom stereocenters. The van der Waals surface area contributed by atoms with Crippen LogP contribution < -0.4 is 5.73 Å². The van der Waals surface area contributed by atoms with Crippen molar-refractivity contribution in [1.82, 2.24) is 10.2 Å². The van der Waals surface area contributed by atoms with E-state index < -0.39 is 11.7 Å². The lowest BCUT2D eigenvalue weighted by molar-refractivity contribution is -0.138. The van der Waals surface area contributed by atoms with Gasteiger partial charge in [-0.2, -0.15) is 13.2 Å². The van der Waals surface area contributed by atoms with E-state index in [1.54, 1.807) is 6.07 Å². The van der Waals surface area contributed by atoms with E-state index in [1.807, 2.05) is 0 Å². The molecule has 2 rings (SSSR count). The maximum atomic E-state index is 12.8. The normalized spacial score (nSPS) is 11.8. The first-order chi connectivity index (χ1) is 9.41. The van der Waals surface area contributed by atoms with Crippen molar-refractivity contribution >= 4 is 27.3 Å². The molecule has 0 spiro atoms. The zero-order valence-electron chi connectivity index (χ0n) is 10.2. The molecular formula is C12H11BrF3N3S. The molecule has 0 fully saturated rings. The Morgan fingerprint density at radius 2 is 2.00 bits per heavy atom. The smallest absolute Gasteiger partial charge is 0.330 e. The van der Waals surface area contributed by atoms with E-state index >= 15 is 0 Å². The highest BCUT2D eigenvalue weighted by atomic mass is 79.9. The molecule has 1 aromatic heterocycles. The van der Waals surface area contributed by atoms with E-state index in [-0.39, 0.29) is 4.47 Å².